The summed E-state index contributed by atoms with van der Waals surface area (Å²) in [6.07, 6.45) is 0.324. The van der Waals surface area contributed by atoms with Gasteiger partial charge in [-0.15, -0.1) is 0 Å². The Kier molecular flexibility index (Phi) is 7.09. The maximum absolute atomic E-state index is 10.7. The lowest BCUT2D eigenvalue weighted by Crippen LogP contribution is -2.50. The van der Waals surface area contributed by atoms with E-state index in [1.165, 1.54) is 16.7 Å². The molecule has 1 saturated heterocycles. The van der Waals surface area contributed by atoms with Crippen molar-refractivity contribution in [3.8, 4) is 11.5 Å². The smallest absolute Gasteiger partial charge is 0.165 e. The first kappa shape index (κ1) is 23.9. The minimum absolute atomic E-state index is 0.211. The summed E-state index contributed by atoms with van der Waals surface area (Å²) in [4.78, 5) is 4.89. The Hall–Kier alpha value is -2.86. The zero-order valence-corrected chi connectivity index (χ0v) is 20.8. The van der Waals surface area contributed by atoms with Crippen LogP contribution in [0.25, 0.3) is 0 Å². The van der Waals surface area contributed by atoms with E-state index in [0.29, 0.717) is 6.54 Å². The standard InChI is InChI=1S/C30H36N2O3/c1-30(2)20-25-14-9-15-27(29(25)35-30)34-22-26(33)21-31-16-18-32(19-17-31)28(23-10-5-3-6-11-23)24-12-7-4-8-13-24/h3-15,26,28,33H,16-22H2,1-2H3/t26-/m0/s1. The van der Waals surface area contributed by atoms with Gasteiger partial charge in [-0.2, -0.15) is 0 Å². The Balaban J connectivity index is 1.16. The van der Waals surface area contributed by atoms with Gasteiger partial charge in [0.1, 0.15) is 18.3 Å². The van der Waals surface area contributed by atoms with Crippen molar-refractivity contribution in [3.63, 3.8) is 0 Å². The lowest BCUT2D eigenvalue weighted by atomic mass is 9.96. The summed E-state index contributed by atoms with van der Waals surface area (Å²) < 4.78 is 12.1. The number of aliphatic hydroxyl groups is 1. The number of hydrogen-bond donors (Lipinski definition) is 1. The van der Waals surface area contributed by atoms with Crippen LogP contribution in [0.2, 0.25) is 0 Å². The summed E-state index contributed by atoms with van der Waals surface area (Å²) in [5.41, 5.74) is 3.60. The minimum atomic E-state index is -0.550. The van der Waals surface area contributed by atoms with Gasteiger partial charge in [0.25, 0.3) is 0 Å². The van der Waals surface area contributed by atoms with E-state index in [9.17, 15) is 5.11 Å². The summed E-state index contributed by atoms with van der Waals surface area (Å²) in [7, 11) is 0. The van der Waals surface area contributed by atoms with Gasteiger partial charge in [0, 0.05) is 44.7 Å². The Morgan fingerprint density at radius 2 is 1.49 bits per heavy atom. The van der Waals surface area contributed by atoms with E-state index in [1.807, 2.05) is 12.1 Å². The molecule has 0 spiro atoms. The molecule has 5 nitrogen and oxygen atoms in total. The summed E-state index contributed by atoms with van der Waals surface area (Å²) in [5.74, 6) is 1.55. The van der Waals surface area contributed by atoms with Crippen LogP contribution >= 0.6 is 0 Å². The molecule has 0 amide bonds. The molecule has 0 unspecified atom stereocenters. The third kappa shape index (κ3) is 5.69. The first-order valence-electron chi connectivity index (χ1n) is 12.7. The molecule has 1 fully saturated rings. The number of benzene rings is 3. The highest BCUT2D eigenvalue weighted by Gasteiger charge is 2.32. The second kappa shape index (κ2) is 10.4. The average Bonchev–Trinajstić information content (AvgIpc) is 3.20. The fourth-order valence-electron chi connectivity index (χ4n) is 5.33. The Morgan fingerprint density at radius 1 is 0.857 bits per heavy atom. The predicted molar refractivity (Wildman–Crippen MR) is 139 cm³/mol. The molecule has 2 aliphatic heterocycles. The highest BCUT2D eigenvalue weighted by Crippen LogP contribution is 2.41. The molecule has 1 atom stereocenters. The van der Waals surface area contributed by atoms with E-state index in [-0.39, 0.29) is 18.2 Å². The van der Waals surface area contributed by atoms with Gasteiger partial charge < -0.3 is 14.6 Å². The highest BCUT2D eigenvalue weighted by atomic mass is 16.5. The molecule has 3 aromatic carbocycles. The zero-order chi connectivity index (χ0) is 24.3. The minimum Gasteiger partial charge on any atom is -0.487 e. The van der Waals surface area contributed by atoms with Gasteiger partial charge in [-0.25, -0.2) is 0 Å². The molecule has 5 rings (SSSR count). The van der Waals surface area contributed by atoms with Crippen LogP contribution in [0.1, 0.15) is 36.6 Å². The van der Waals surface area contributed by atoms with Gasteiger partial charge in [0.15, 0.2) is 11.5 Å². The van der Waals surface area contributed by atoms with Crippen LogP contribution in [0, 0.1) is 0 Å². The molecule has 0 bridgehead atoms. The molecule has 3 aromatic rings. The fourth-order valence-corrected chi connectivity index (χ4v) is 5.33. The van der Waals surface area contributed by atoms with Gasteiger partial charge in [-0.1, -0.05) is 72.8 Å². The van der Waals surface area contributed by atoms with Crippen LogP contribution in [0.5, 0.6) is 11.5 Å². The molecular weight excluding hydrogens is 436 g/mol. The van der Waals surface area contributed by atoms with Crippen molar-refractivity contribution in [2.75, 3.05) is 39.3 Å². The third-order valence-electron chi connectivity index (χ3n) is 6.96. The summed E-state index contributed by atoms with van der Waals surface area (Å²) in [6.45, 7) is 8.80. The lowest BCUT2D eigenvalue weighted by Gasteiger charge is -2.40. The maximum atomic E-state index is 10.7. The number of fused-ring (bicyclic) bond motifs is 1. The molecule has 0 aromatic heterocycles. The number of nitrogens with zero attached hydrogens (tertiary/aromatic N) is 2. The molecule has 5 heteroatoms. The SMILES string of the molecule is CC1(C)Cc2cccc(OC[C@@H](O)CN3CCN(C(c4ccccc4)c4ccccc4)CC3)c2O1. The Labute approximate surface area is 208 Å². The molecule has 0 radical (unpaired) electrons. The van der Waals surface area contributed by atoms with Crippen LogP contribution in [-0.4, -0.2) is 65.9 Å². The fraction of sp³-hybridized carbons (Fsp3) is 0.400. The van der Waals surface area contributed by atoms with Crippen molar-refractivity contribution in [1.82, 2.24) is 9.80 Å². The van der Waals surface area contributed by atoms with Crippen molar-refractivity contribution < 1.29 is 14.6 Å². The van der Waals surface area contributed by atoms with Gasteiger partial charge in [0.05, 0.1) is 6.04 Å². The first-order valence-corrected chi connectivity index (χ1v) is 12.7. The van der Waals surface area contributed by atoms with Crippen molar-refractivity contribution in [2.24, 2.45) is 0 Å². The normalized spacial score (nSPS) is 18.7. The van der Waals surface area contributed by atoms with E-state index in [2.05, 4.69) is 90.4 Å². The average molecular weight is 473 g/mol. The Morgan fingerprint density at radius 3 is 2.11 bits per heavy atom. The molecule has 184 valence electrons. The number of piperazine rings is 1. The van der Waals surface area contributed by atoms with Gasteiger partial charge in [-0.3, -0.25) is 9.80 Å². The van der Waals surface area contributed by atoms with Crippen molar-refractivity contribution in [1.29, 1.82) is 0 Å². The second-order valence-electron chi connectivity index (χ2n) is 10.3. The van der Waals surface area contributed by atoms with Crippen LogP contribution < -0.4 is 9.47 Å². The third-order valence-corrected chi connectivity index (χ3v) is 6.96. The first-order chi connectivity index (χ1) is 17.0. The Bertz CT molecular complexity index is 1060. The molecular formula is C30H36N2O3. The summed E-state index contributed by atoms with van der Waals surface area (Å²) >= 11 is 0. The van der Waals surface area contributed by atoms with Crippen molar-refractivity contribution in [2.45, 2.75) is 38.0 Å². The number of hydrogen-bond acceptors (Lipinski definition) is 5. The van der Waals surface area contributed by atoms with Crippen molar-refractivity contribution >= 4 is 0 Å². The van der Waals surface area contributed by atoms with Crippen LogP contribution in [0.15, 0.2) is 78.9 Å². The van der Waals surface area contributed by atoms with Gasteiger partial charge in [-0.05, 0) is 31.0 Å². The number of rotatable bonds is 8. The quantitative estimate of drug-likeness (QED) is 0.521. The maximum Gasteiger partial charge on any atom is 0.165 e. The molecule has 1 N–H and O–H groups in total. The van der Waals surface area contributed by atoms with E-state index in [0.717, 1.165) is 44.1 Å². The summed E-state index contributed by atoms with van der Waals surface area (Å²) in [6, 6.07) is 27.8. The number of ether oxygens (including phenoxy) is 2. The van der Waals surface area contributed by atoms with Crippen LogP contribution in [0.3, 0.4) is 0 Å². The number of aliphatic hydroxyl groups excluding tert-OH is 1. The molecule has 0 saturated carbocycles. The van der Waals surface area contributed by atoms with Crippen molar-refractivity contribution in [3.05, 3.63) is 95.6 Å². The molecule has 2 heterocycles. The number of β-amino-alcohol motifs (C(OH)–C–C–N with tert-alkyl or cyclic N) is 1. The van der Waals surface area contributed by atoms with Crippen LogP contribution in [-0.2, 0) is 6.42 Å². The monoisotopic (exact) mass is 472 g/mol. The zero-order valence-electron chi connectivity index (χ0n) is 20.8. The highest BCUT2D eigenvalue weighted by molar-refractivity contribution is 5.50. The van der Waals surface area contributed by atoms with Gasteiger partial charge >= 0.3 is 0 Å². The van der Waals surface area contributed by atoms with Gasteiger partial charge in [0.2, 0.25) is 0 Å². The predicted octanol–water partition coefficient (Wildman–Crippen LogP) is 4.55. The largest absolute Gasteiger partial charge is 0.487 e. The molecule has 35 heavy (non-hydrogen) atoms. The molecule has 0 aliphatic carbocycles. The lowest BCUT2D eigenvalue weighted by molar-refractivity contribution is 0.0387. The molecule has 2 aliphatic rings. The van der Waals surface area contributed by atoms with E-state index >= 15 is 0 Å². The van der Waals surface area contributed by atoms with E-state index in [4.69, 9.17) is 9.47 Å². The topological polar surface area (TPSA) is 45.2 Å². The van der Waals surface area contributed by atoms with Crippen LogP contribution in [0.4, 0.5) is 0 Å². The second-order valence-corrected chi connectivity index (χ2v) is 10.3. The summed E-state index contributed by atoms with van der Waals surface area (Å²) in [5, 5.41) is 10.7. The number of para-hydroxylation sites is 1. The van der Waals surface area contributed by atoms with E-state index < -0.39 is 6.10 Å². The van der Waals surface area contributed by atoms with E-state index in [1.54, 1.807) is 0 Å².